The molecule has 2 rings (SSSR count). The van der Waals surface area contributed by atoms with E-state index in [2.05, 4.69) is 0 Å². The number of aromatic nitrogens is 1. The van der Waals surface area contributed by atoms with Gasteiger partial charge in [-0.1, -0.05) is 0 Å². The Morgan fingerprint density at radius 1 is 1.04 bits per heavy atom. The second-order valence-corrected chi connectivity index (χ2v) is 5.53. The van der Waals surface area contributed by atoms with Gasteiger partial charge in [0.25, 0.3) is 5.91 Å². The van der Waals surface area contributed by atoms with E-state index in [4.69, 9.17) is 14.2 Å². The van der Waals surface area contributed by atoms with Crippen molar-refractivity contribution in [3.63, 3.8) is 0 Å². The maximum Gasteiger partial charge on any atom is 0.270 e. The first-order chi connectivity index (χ1) is 12.1. The highest BCUT2D eigenvalue weighted by Gasteiger charge is 2.18. The topological polar surface area (TPSA) is 52.9 Å². The second kappa shape index (κ2) is 8.46. The number of ether oxygens (including phenoxy) is 3. The number of hydrogen-bond acceptors (Lipinski definition) is 4. The fourth-order valence-electron chi connectivity index (χ4n) is 2.84. The predicted octanol–water partition coefficient (Wildman–Crippen LogP) is 3.04. The van der Waals surface area contributed by atoms with Gasteiger partial charge in [0.2, 0.25) is 5.75 Å². The van der Waals surface area contributed by atoms with Gasteiger partial charge in [0.1, 0.15) is 5.69 Å². The van der Waals surface area contributed by atoms with E-state index in [1.54, 1.807) is 26.2 Å². The molecule has 0 spiro atoms. The molecule has 6 nitrogen and oxygen atoms in total. The number of amides is 1. The zero-order chi connectivity index (χ0) is 18.4. The Bertz CT molecular complexity index is 695. The molecular formula is C19H26N2O4. The average Bonchev–Trinajstić information content (AvgIpc) is 3.09. The summed E-state index contributed by atoms with van der Waals surface area (Å²) in [5.41, 5.74) is 1.62. The molecule has 0 N–H and O–H groups in total. The molecule has 0 aliphatic carbocycles. The standard InChI is InChI=1S/C19H26N2O4/c1-6-20(7-2)19(22)15-9-8-10-21(15)13-14-11-16(23-3)18(25-5)17(12-14)24-4/h8-12H,6-7,13H2,1-5H3. The minimum atomic E-state index is 0.0300. The average molecular weight is 346 g/mol. The van der Waals surface area contributed by atoms with Crippen LogP contribution in [-0.2, 0) is 6.54 Å². The van der Waals surface area contributed by atoms with Crippen LogP contribution in [0.25, 0.3) is 0 Å². The first-order valence-electron chi connectivity index (χ1n) is 8.32. The third-order valence-electron chi connectivity index (χ3n) is 4.18. The Morgan fingerprint density at radius 3 is 2.12 bits per heavy atom. The fourth-order valence-corrected chi connectivity index (χ4v) is 2.84. The van der Waals surface area contributed by atoms with Crippen molar-refractivity contribution in [1.82, 2.24) is 9.47 Å². The van der Waals surface area contributed by atoms with E-state index in [1.165, 1.54) is 0 Å². The van der Waals surface area contributed by atoms with Crippen molar-refractivity contribution in [3.8, 4) is 17.2 Å². The summed E-state index contributed by atoms with van der Waals surface area (Å²) in [7, 11) is 4.75. The minimum absolute atomic E-state index is 0.0300. The first kappa shape index (κ1) is 18.7. The lowest BCUT2D eigenvalue weighted by atomic mass is 10.1. The van der Waals surface area contributed by atoms with Gasteiger partial charge in [0.15, 0.2) is 11.5 Å². The molecule has 6 heteroatoms. The van der Waals surface area contributed by atoms with E-state index in [1.807, 2.05) is 48.9 Å². The second-order valence-electron chi connectivity index (χ2n) is 5.53. The van der Waals surface area contributed by atoms with E-state index >= 15 is 0 Å². The van der Waals surface area contributed by atoms with Gasteiger partial charge in [0.05, 0.1) is 21.3 Å². The Labute approximate surface area is 148 Å². The normalized spacial score (nSPS) is 10.4. The summed E-state index contributed by atoms with van der Waals surface area (Å²) in [5.74, 6) is 1.78. The molecule has 0 saturated carbocycles. The zero-order valence-corrected chi connectivity index (χ0v) is 15.5. The van der Waals surface area contributed by atoms with Gasteiger partial charge in [-0.3, -0.25) is 4.79 Å². The van der Waals surface area contributed by atoms with Crippen molar-refractivity contribution in [3.05, 3.63) is 41.7 Å². The van der Waals surface area contributed by atoms with Crippen LogP contribution >= 0.6 is 0 Å². The van der Waals surface area contributed by atoms with Crippen LogP contribution in [0.1, 0.15) is 29.9 Å². The molecule has 1 amide bonds. The van der Waals surface area contributed by atoms with Crippen molar-refractivity contribution in [2.45, 2.75) is 20.4 Å². The van der Waals surface area contributed by atoms with Crippen molar-refractivity contribution in [2.24, 2.45) is 0 Å². The van der Waals surface area contributed by atoms with Gasteiger partial charge in [-0.25, -0.2) is 0 Å². The summed E-state index contributed by atoms with van der Waals surface area (Å²) in [6.45, 7) is 5.86. The van der Waals surface area contributed by atoms with Crippen molar-refractivity contribution < 1.29 is 19.0 Å². The minimum Gasteiger partial charge on any atom is -0.493 e. The van der Waals surface area contributed by atoms with Crippen LogP contribution in [0.2, 0.25) is 0 Å². The molecule has 0 aliphatic rings. The molecule has 0 radical (unpaired) electrons. The fraction of sp³-hybridized carbons (Fsp3) is 0.421. The van der Waals surface area contributed by atoms with E-state index in [-0.39, 0.29) is 5.91 Å². The summed E-state index contributed by atoms with van der Waals surface area (Å²) in [6.07, 6.45) is 1.90. The van der Waals surface area contributed by atoms with Gasteiger partial charge in [-0.15, -0.1) is 0 Å². The highest BCUT2D eigenvalue weighted by molar-refractivity contribution is 5.92. The quantitative estimate of drug-likeness (QED) is 0.737. The Hall–Kier alpha value is -2.63. The van der Waals surface area contributed by atoms with E-state index in [0.717, 1.165) is 5.56 Å². The Morgan fingerprint density at radius 2 is 1.64 bits per heavy atom. The third kappa shape index (κ3) is 3.90. The maximum atomic E-state index is 12.7. The van der Waals surface area contributed by atoms with Crippen molar-refractivity contribution in [2.75, 3.05) is 34.4 Å². The Kier molecular flexibility index (Phi) is 6.33. The maximum absolute atomic E-state index is 12.7. The molecule has 0 aliphatic heterocycles. The number of nitrogens with zero attached hydrogens (tertiary/aromatic N) is 2. The number of benzene rings is 1. The SMILES string of the molecule is CCN(CC)C(=O)c1cccn1Cc1cc(OC)c(OC)c(OC)c1. The highest BCUT2D eigenvalue weighted by Crippen LogP contribution is 2.38. The zero-order valence-electron chi connectivity index (χ0n) is 15.5. The molecule has 2 aromatic rings. The molecule has 0 unspecified atom stereocenters. The summed E-state index contributed by atoms with van der Waals surface area (Å²) >= 11 is 0. The van der Waals surface area contributed by atoms with Crippen LogP contribution in [0.15, 0.2) is 30.5 Å². The molecule has 0 atom stereocenters. The summed E-state index contributed by atoms with van der Waals surface area (Å²) < 4.78 is 18.1. The number of methoxy groups -OCH3 is 3. The van der Waals surface area contributed by atoms with E-state index in [0.29, 0.717) is 42.6 Å². The number of rotatable bonds is 8. The number of carbonyl (C=O) groups excluding carboxylic acids is 1. The molecular weight excluding hydrogens is 320 g/mol. The van der Waals surface area contributed by atoms with Crippen LogP contribution in [0.5, 0.6) is 17.2 Å². The smallest absolute Gasteiger partial charge is 0.270 e. The van der Waals surface area contributed by atoms with Gasteiger partial charge >= 0.3 is 0 Å². The largest absolute Gasteiger partial charge is 0.493 e. The van der Waals surface area contributed by atoms with Gasteiger partial charge in [-0.05, 0) is 43.7 Å². The van der Waals surface area contributed by atoms with Crippen molar-refractivity contribution in [1.29, 1.82) is 0 Å². The molecule has 25 heavy (non-hydrogen) atoms. The van der Waals surface area contributed by atoms with E-state index < -0.39 is 0 Å². The van der Waals surface area contributed by atoms with Gasteiger partial charge in [0, 0.05) is 25.8 Å². The molecule has 0 fully saturated rings. The lowest BCUT2D eigenvalue weighted by molar-refractivity contribution is 0.0762. The van der Waals surface area contributed by atoms with Crippen LogP contribution in [0.4, 0.5) is 0 Å². The first-order valence-corrected chi connectivity index (χ1v) is 8.32. The number of carbonyl (C=O) groups is 1. The molecule has 1 heterocycles. The predicted molar refractivity (Wildman–Crippen MR) is 96.9 cm³/mol. The van der Waals surface area contributed by atoms with Gasteiger partial charge in [-0.2, -0.15) is 0 Å². The van der Waals surface area contributed by atoms with Crippen LogP contribution in [0, 0.1) is 0 Å². The van der Waals surface area contributed by atoms with Crippen LogP contribution < -0.4 is 14.2 Å². The molecule has 1 aromatic heterocycles. The van der Waals surface area contributed by atoms with Crippen LogP contribution in [-0.4, -0.2) is 49.8 Å². The molecule has 0 bridgehead atoms. The summed E-state index contributed by atoms with van der Waals surface area (Å²) in [6, 6.07) is 7.52. The van der Waals surface area contributed by atoms with Gasteiger partial charge < -0.3 is 23.7 Å². The molecule has 0 saturated heterocycles. The Balaban J connectivity index is 2.35. The number of hydrogen-bond donors (Lipinski definition) is 0. The molecule has 136 valence electrons. The van der Waals surface area contributed by atoms with Crippen LogP contribution in [0.3, 0.4) is 0 Å². The lowest BCUT2D eigenvalue weighted by Crippen LogP contribution is -2.32. The van der Waals surface area contributed by atoms with E-state index in [9.17, 15) is 4.79 Å². The summed E-state index contributed by atoms with van der Waals surface area (Å²) in [4.78, 5) is 14.5. The monoisotopic (exact) mass is 346 g/mol. The highest BCUT2D eigenvalue weighted by atomic mass is 16.5. The van der Waals surface area contributed by atoms with Crippen molar-refractivity contribution >= 4 is 5.91 Å². The summed E-state index contributed by atoms with van der Waals surface area (Å²) in [5, 5.41) is 0. The lowest BCUT2D eigenvalue weighted by Gasteiger charge is -2.20. The third-order valence-corrected chi connectivity index (χ3v) is 4.18. The molecule has 1 aromatic carbocycles.